The summed E-state index contributed by atoms with van der Waals surface area (Å²) in [6, 6.07) is 12.4. The van der Waals surface area contributed by atoms with E-state index in [2.05, 4.69) is 9.88 Å². The molecule has 1 amide bonds. The molecule has 2 aromatic heterocycles. The second kappa shape index (κ2) is 7.73. The van der Waals surface area contributed by atoms with Gasteiger partial charge in [-0.1, -0.05) is 23.7 Å². The zero-order chi connectivity index (χ0) is 19.7. The first-order valence-electron chi connectivity index (χ1n) is 9.26. The van der Waals surface area contributed by atoms with Crippen molar-refractivity contribution in [3.05, 3.63) is 80.9 Å². The summed E-state index contributed by atoms with van der Waals surface area (Å²) in [6.07, 6.45) is 1.80. The van der Waals surface area contributed by atoms with Crippen LogP contribution in [-0.2, 0) is 6.54 Å². The van der Waals surface area contributed by atoms with E-state index in [1.807, 2.05) is 24.0 Å². The maximum absolute atomic E-state index is 12.6. The molecule has 3 aromatic rings. The molecule has 0 unspecified atom stereocenters. The van der Waals surface area contributed by atoms with Gasteiger partial charge >= 0.3 is 0 Å². The number of aromatic nitrogens is 2. The van der Waals surface area contributed by atoms with Gasteiger partial charge in [0.25, 0.3) is 11.5 Å². The smallest absolute Gasteiger partial charge is 0.258 e. The Kier molecular flexibility index (Phi) is 5.15. The molecule has 7 heteroatoms. The number of aryl methyl sites for hydroxylation is 1. The summed E-state index contributed by atoms with van der Waals surface area (Å²) in [5, 5.41) is 0.563. The van der Waals surface area contributed by atoms with Crippen molar-refractivity contribution < 1.29 is 4.79 Å². The highest BCUT2D eigenvalue weighted by molar-refractivity contribution is 6.30. The third-order valence-electron chi connectivity index (χ3n) is 4.98. The summed E-state index contributed by atoms with van der Waals surface area (Å²) in [5.41, 5.74) is 2.97. The molecule has 4 rings (SSSR count). The van der Waals surface area contributed by atoms with Gasteiger partial charge in [0, 0.05) is 55.6 Å². The zero-order valence-electron chi connectivity index (χ0n) is 15.6. The van der Waals surface area contributed by atoms with Crippen LogP contribution in [0.15, 0.2) is 53.5 Å². The van der Waals surface area contributed by atoms with Gasteiger partial charge in [0.2, 0.25) is 0 Å². The quantitative estimate of drug-likeness (QED) is 0.683. The van der Waals surface area contributed by atoms with Crippen molar-refractivity contribution in [1.29, 1.82) is 0 Å². The predicted octanol–water partition coefficient (Wildman–Crippen LogP) is 2.61. The minimum absolute atomic E-state index is 0.000376. The molecule has 6 nitrogen and oxygen atoms in total. The number of carbonyl (C=O) groups excluding carboxylic acids is 1. The second-order valence-electron chi connectivity index (χ2n) is 7.10. The number of piperazine rings is 1. The number of amides is 1. The molecule has 0 radical (unpaired) electrons. The van der Waals surface area contributed by atoms with Gasteiger partial charge in [-0.15, -0.1) is 0 Å². The van der Waals surface area contributed by atoms with E-state index < -0.39 is 0 Å². The number of nitrogens with zero attached hydrogens (tertiary/aromatic N) is 4. The number of hydrogen-bond acceptors (Lipinski definition) is 4. The van der Waals surface area contributed by atoms with Crippen molar-refractivity contribution in [1.82, 2.24) is 19.2 Å². The Labute approximate surface area is 168 Å². The number of rotatable bonds is 3. The molecule has 1 aromatic carbocycles. The Bertz CT molecular complexity index is 1090. The van der Waals surface area contributed by atoms with Gasteiger partial charge < -0.3 is 4.90 Å². The summed E-state index contributed by atoms with van der Waals surface area (Å²) in [5.74, 6) is -0.000376. The topological polar surface area (TPSA) is 57.9 Å². The molecule has 28 heavy (non-hydrogen) atoms. The van der Waals surface area contributed by atoms with E-state index in [0.717, 1.165) is 24.3 Å². The predicted molar refractivity (Wildman–Crippen MR) is 109 cm³/mol. The van der Waals surface area contributed by atoms with Crippen LogP contribution < -0.4 is 5.56 Å². The van der Waals surface area contributed by atoms with Gasteiger partial charge in [0.1, 0.15) is 5.65 Å². The standard InChI is InChI=1S/C21H21ClN4O2/c1-15-5-6-19-23-18(12-20(27)26(19)13-15)14-24-7-9-25(10-8-24)21(28)16-3-2-4-17(22)11-16/h2-6,11-13H,7-10,14H2,1H3. The molecule has 0 atom stereocenters. The average molecular weight is 397 g/mol. The number of halogens is 1. The van der Waals surface area contributed by atoms with Gasteiger partial charge in [-0.3, -0.25) is 18.9 Å². The molecular formula is C21H21ClN4O2. The van der Waals surface area contributed by atoms with E-state index in [9.17, 15) is 9.59 Å². The van der Waals surface area contributed by atoms with Crippen LogP contribution in [0.2, 0.25) is 5.02 Å². The van der Waals surface area contributed by atoms with Crippen molar-refractivity contribution in [2.45, 2.75) is 13.5 Å². The molecule has 1 saturated heterocycles. The lowest BCUT2D eigenvalue weighted by Crippen LogP contribution is -2.48. The lowest BCUT2D eigenvalue weighted by Gasteiger charge is -2.34. The normalized spacial score (nSPS) is 15.1. The Morgan fingerprint density at radius 2 is 1.89 bits per heavy atom. The Balaban J connectivity index is 1.42. The van der Waals surface area contributed by atoms with Gasteiger partial charge in [-0.05, 0) is 36.8 Å². The minimum atomic E-state index is -0.0709. The van der Waals surface area contributed by atoms with E-state index in [4.69, 9.17) is 11.6 Å². The van der Waals surface area contributed by atoms with Crippen LogP contribution in [0.5, 0.6) is 0 Å². The lowest BCUT2D eigenvalue weighted by molar-refractivity contribution is 0.0627. The number of hydrogen-bond donors (Lipinski definition) is 0. The molecule has 0 saturated carbocycles. The lowest BCUT2D eigenvalue weighted by atomic mass is 10.2. The van der Waals surface area contributed by atoms with E-state index in [1.165, 1.54) is 0 Å². The highest BCUT2D eigenvalue weighted by Gasteiger charge is 2.22. The second-order valence-corrected chi connectivity index (χ2v) is 7.54. The average Bonchev–Trinajstić information content (AvgIpc) is 2.69. The first-order chi connectivity index (χ1) is 13.5. The minimum Gasteiger partial charge on any atom is -0.336 e. The molecule has 1 fully saturated rings. The van der Waals surface area contributed by atoms with Gasteiger partial charge in [0.15, 0.2) is 0 Å². The summed E-state index contributed by atoms with van der Waals surface area (Å²) < 4.78 is 1.57. The number of carbonyl (C=O) groups is 1. The van der Waals surface area contributed by atoms with Crippen LogP contribution in [0, 0.1) is 6.92 Å². The molecule has 1 aliphatic rings. The first-order valence-corrected chi connectivity index (χ1v) is 9.63. The maximum Gasteiger partial charge on any atom is 0.258 e. The highest BCUT2D eigenvalue weighted by atomic mass is 35.5. The molecule has 144 valence electrons. The van der Waals surface area contributed by atoms with E-state index in [0.29, 0.717) is 35.9 Å². The monoisotopic (exact) mass is 396 g/mol. The third kappa shape index (κ3) is 3.93. The largest absolute Gasteiger partial charge is 0.336 e. The summed E-state index contributed by atoms with van der Waals surface area (Å²) >= 11 is 5.99. The fraction of sp³-hybridized carbons (Fsp3) is 0.286. The van der Waals surface area contributed by atoms with Crippen LogP contribution in [0.3, 0.4) is 0 Å². The SMILES string of the molecule is Cc1ccc2nc(CN3CCN(C(=O)c4cccc(Cl)c4)CC3)cc(=O)n2c1. The number of fused-ring (bicyclic) bond motifs is 1. The number of benzene rings is 1. The van der Waals surface area contributed by atoms with E-state index in [-0.39, 0.29) is 11.5 Å². The highest BCUT2D eigenvalue weighted by Crippen LogP contribution is 2.15. The Hall–Kier alpha value is -2.70. The van der Waals surface area contributed by atoms with Crippen molar-refractivity contribution in [3.8, 4) is 0 Å². The molecule has 0 N–H and O–H groups in total. The van der Waals surface area contributed by atoms with Crippen molar-refractivity contribution >= 4 is 23.2 Å². The van der Waals surface area contributed by atoms with Gasteiger partial charge in [-0.2, -0.15) is 0 Å². The fourth-order valence-corrected chi connectivity index (χ4v) is 3.67. The van der Waals surface area contributed by atoms with Crippen LogP contribution in [0.25, 0.3) is 5.65 Å². The van der Waals surface area contributed by atoms with Crippen LogP contribution in [0.4, 0.5) is 0 Å². The zero-order valence-corrected chi connectivity index (χ0v) is 16.4. The number of pyridine rings is 1. The van der Waals surface area contributed by atoms with Gasteiger partial charge in [-0.25, -0.2) is 4.98 Å². The summed E-state index contributed by atoms with van der Waals surface area (Å²) in [4.78, 5) is 33.7. The Morgan fingerprint density at radius 3 is 2.64 bits per heavy atom. The Morgan fingerprint density at radius 1 is 1.11 bits per heavy atom. The van der Waals surface area contributed by atoms with Crippen molar-refractivity contribution in [2.75, 3.05) is 26.2 Å². The van der Waals surface area contributed by atoms with Crippen LogP contribution >= 0.6 is 11.6 Å². The van der Waals surface area contributed by atoms with Crippen LogP contribution in [-0.4, -0.2) is 51.3 Å². The maximum atomic E-state index is 12.6. The fourth-order valence-electron chi connectivity index (χ4n) is 3.48. The molecule has 0 spiro atoms. The van der Waals surface area contributed by atoms with Crippen LogP contribution in [0.1, 0.15) is 21.6 Å². The van der Waals surface area contributed by atoms with Crippen molar-refractivity contribution in [3.63, 3.8) is 0 Å². The molecule has 0 aliphatic carbocycles. The summed E-state index contributed by atoms with van der Waals surface area (Å²) in [6.45, 7) is 5.29. The van der Waals surface area contributed by atoms with Gasteiger partial charge in [0.05, 0.1) is 5.69 Å². The van der Waals surface area contributed by atoms with E-state index >= 15 is 0 Å². The van der Waals surface area contributed by atoms with Crippen molar-refractivity contribution in [2.24, 2.45) is 0 Å². The molecular weight excluding hydrogens is 376 g/mol. The molecule has 3 heterocycles. The first kappa shape index (κ1) is 18.7. The molecule has 0 bridgehead atoms. The third-order valence-corrected chi connectivity index (χ3v) is 5.21. The summed E-state index contributed by atoms with van der Waals surface area (Å²) in [7, 11) is 0. The van der Waals surface area contributed by atoms with E-state index in [1.54, 1.807) is 40.9 Å². The molecule has 1 aliphatic heterocycles.